The van der Waals surface area contributed by atoms with E-state index in [9.17, 15) is 4.79 Å². The van der Waals surface area contributed by atoms with E-state index in [4.69, 9.17) is 9.47 Å². The Balaban J connectivity index is 1.96. The van der Waals surface area contributed by atoms with Crippen LogP contribution in [0.1, 0.15) is 24.2 Å². The van der Waals surface area contributed by atoms with Gasteiger partial charge in [-0.2, -0.15) is 5.10 Å². The number of fused-ring (bicyclic) bond motifs is 1. The van der Waals surface area contributed by atoms with Crippen molar-refractivity contribution in [1.29, 1.82) is 0 Å². The Labute approximate surface area is 177 Å². The van der Waals surface area contributed by atoms with Crippen molar-refractivity contribution in [2.24, 2.45) is 5.92 Å². The average molecular weight is 411 g/mol. The first-order valence-corrected chi connectivity index (χ1v) is 10.1. The molecule has 0 aliphatic carbocycles. The van der Waals surface area contributed by atoms with Crippen molar-refractivity contribution in [3.8, 4) is 17.2 Å². The molecule has 1 aromatic heterocycles. The molecule has 0 bridgehead atoms. The van der Waals surface area contributed by atoms with Crippen LogP contribution in [-0.4, -0.2) is 54.9 Å². The highest BCUT2D eigenvalue weighted by atomic mass is 16.5. The summed E-state index contributed by atoms with van der Waals surface area (Å²) in [5.74, 6) is 2.15. The molecule has 1 amide bonds. The maximum absolute atomic E-state index is 13.0. The van der Waals surface area contributed by atoms with E-state index in [0.717, 1.165) is 29.7 Å². The summed E-state index contributed by atoms with van der Waals surface area (Å²) in [5, 5.41) is 8.41. The van der Waals surface area contributed by atoms with E-state index in [2.05, 4.69) is 24.3 Å². The molecule has 0 aliphatic rings. The predicted octanol–water partition coefficient (Wildman–Crippen LogP) is 3.78. The number of hydrogen-bond donors (Lipinski definition) is 1. The molecule has 7 heteroatoms. The van der Waals surface area contributed by atoms with Crippen molar-refractivity contribution in [2.75, 3.05) is 34.3 Å². The minimum absolute atomic E-state index is 0.167. The summed E-state index contributed by atoms with van der Waals surface area (Å²) >= 11 is 0. The van der Waals surface area contributed by atoms with Crippen LogP contribution in [0.3, 0.4) is 0 Å². The third-order valence-electron chi connectivity index (χ3n) is 4.66. The highest BCUT2D eigenvalue weighted by Crippen LogP contribution is 2.31. The van der Waals surface area contributed by atoms with E-state index < -0.39 is 0 Å². The summed E-state index contributed by atoms with van der Waals surface area (Å²) < 4.78 is 13.2. The van der Waals surface area contributed by atoms with Crippen LogP contribution in [0.4, 0.5) is 0 Å². The molecule has 2 aromatic carbocycles. The van der Waals surface area contributed by atoms with E-state index in [1.807, 2.05) is 66.3 Å². The van der Waals surface area contributed by atoms with Crippen molar-refractivity contribution >= 4 is 16.8 Å². The molecule has 7 nitrogen and oxygen atoms in total. The Kier molecular flexibility index (Phi) is 6.95. The number of nitrogens with one attached hydrogen (secondary N) is 1. The van der Waals surface area contributed by atoms with Crippen LogP contribution in [0.25, 0.3) is 10.9 Å². The van der Waals surface area contributed by atoms with Gasteiger partial charge in [0.05, 0.1) is 24.4 Å². The molecule has 1 heterocycles. The Morgan fingerprint density at radius 2 is 1.87 bits per heavy atom. The van der Waals surface area contributed by atoms with E-state index in [1.54, 1.807) is 7.11 Å². The Bertz CT molecular complexity index is 994. The number of methoxy groups -OCH3 is 1. The van der Waals surface area contributed by atoms with Crippen LogP contribution in [0, 0.1) is 5.92 Å². The number of likely N-dealkylation sites (N-methyl/N-ethyl adjacent to an activating group) is 1. The second-order valence-corrected chi connectivity index (χ2v) is 7.96. The minimum Gasteiger partial charge on any atom is -0.497 e. The number of carbonyl (C=O) groups excluding carboxylic acids is 1. The molecule has 0 radical (unpaired) electrons. The van der Waals surface area contributed by atoms with Crippen LogP contribution in [-0.2, 0) is 6.54 Å². The van der Waals surface area contributed by atoms with E-state index in [-0.39, 0.29) is 5.91 Å². The molecule has 3 aromatic rings. The number of hydrogen-bond acceptors (Lipinski definition) is 5. The average Bonchev–Trinajstić information content (AvgIpc) is 3.08. The summed E-state index contributed by atoms with van der Waals surface area (Å²) in [4.78, 5) is 15.0. The molecular weight excluding hydrogens is 380 g/mol. The van der Waals surface area contributed by atoms with Gasteiger partial charge in [-0.1, -0.05) is 13.8 Å². The van der Waals surface area contributed by atoms with Crippen LogP contribution in [0.2, 0.25) is 0 Å². The van der Waals surface area contributed by atoms with Crippen LogP contribution in [0.15, 0.2) is 42.6 Å². The first-order valence-electron chi connectivity index (χ1n) is 10.1. The lowest BCUT2D eigenvalue weighted by atomic mass is 10.1. The van der Waals surface area contributed by atoms with E-state index in [1.165, 1.54) is 0 Å². The van der Waals surface area contributed by atoms with Gasteiger partial charge in [0.2, 0.25) is 0 Å². The monoisotopic (exact) mass is 410 g/mol. The summed E-state index contributed by atoms with van der Waals surface area (Å²) in [5.41, 5.74) is 1.41. The van der Waals surface area contributed by atoms with Gasteiger partial charge in [-0.25, -0.2) is 0 Å². The fourth-order valence-corrected chi connectivity index (χ4v) is 3.12. The number of ether oxygens (including phenoxy) is 2. The number of nitrogens with zero attached hydrogens (tertiary/aromatic N) is 3. The van der Waals surface area contributed by atoms with Crippen molar-refractivity contribution in [1.82, 2.24) is 20.0 Å². The zero-order valence-electron chi connectivity index (χ0n) is 18.3. The largest absolute Gasteiger partial charge is 0.497 e. The van der Waals surface area contributed by atoms with Gasteiger partial charge in [-0.3, -0.25) is 9.48 Å². The van der Waals surface area contributed by atoms with Gasteiger partial charge in [0.25, 0.3) is 5.91 Å². The predicted molar refractivity (Wildman–Crippen MR) is 119 cm³/mol. The zero-order valence-corrected chi connectivity index (χ0v) is 18.3. The first-order chi connectivity index (χ1) is 14.4. The maximum atomic E-state index is 13.0. The number of amides is 1. The normalized spacial score (nSPS) is 11.3. The van der Waals surface area contributed by atoms with Gasteiger partial charge < -0.3 is 19.7 Å². The van der Waals surface area contributed by atoms with Gasteiger partial charge >= 0.3 is 0 Å². The molecule has 160 valence electrons. The van der Waals surface area contributed by atoms with Crippen molar-refractivity contribution in [3.63, 3.8) is 0 Å². The van der Waals surface area contributed by atoms with Crippen LogP contribution in [0.5, 0.6) is 17.2 Å². The van der Waals surface area contributed by atoms with Gasteiger partial charge in [-0.15, -0.1) is 0 Å². The lowest BCUT2D eigenvalue weighted by Crippen LogP contribution is -2.31. The number of aromatic nitrogens is 2. The third kappa shape index (κ3) is 5.30. The molecule has 30 heavy (non-hydrogen) atoms. The Hall–Kier alpha value is -3.06. The first kappa shape index (κ1) is 21.6. The molecule has 0 spiro atoms. The maximum Gasteiger partial charge on any atom is 0.255 e. The van der Waals surface area contributed by atoms with Gasteiger partial charge in [0, 0.05) is 25.0 Å². The quantitative estimate of drug-likeness (QED) is 0.581. The second kappa shape index (κ2) is 9.63. The molecule has 0 atom stereocenters. The standard InChI is InChI=1S/C23H30N4O3/c1-16(2)15-27-21-13-20(23(28)24-10-11-26(3)4)22(12-17(21)14-25-27)30-19-8-6-18(29-5)7-9-19/h6-9,12-14,16H,10-11,15H2,1-5H3,(H,24,28). The van der Waals surface area contributed by atoms with E-state index in [0.29, 0.717) is 29.5 Å². The lowest BCUT2D eigenvalue weighted by Gasteiger charge is -2.15. The molecule has 1 N–H and O–H groups in total. The molecule has 0 fully saturated rings. The lowest BCUT2D eigenvalue weighted by molar-refractivity contribution is 0.0949. The highest BCUT2D eigenvalue weighted by Gasteiger charge is 2.17. The van der Waals surface area contributed by atoms with Crippen molar-refractivity contribution < 1.29 is 14.3 Å². The summed E-state index contributed by atoms with van der Waals surface area (Å²) in [6.45, 7) is 6.38. The zero-order chi connectivity index (χ0) is 21.7. The van der Waals surface area contributed by atoms with Gasteiger partial charge in [-0.05, 0) is 56.4 Å². The van der Waals surface area contributed by atoms with Crippen molar-refractivity contribution in [2.45, 2.75) is 20.4 Å². The second-order valence-electron chi connectivity index (χ2n) is 7.96. The van der Waals surface area contributed by atoms with Crippen LogP contribution < -0.4 is 14.8 Å². The molecular formula is C23H30N4O3. The third-order valence-corrected chi connectivity index (χ3v) is 4.66. The number of carbonyl (C=O) groups is 1. The summed E-state index contributed by atoms with van der Waals surface area (Å²) in [6, 6.07) is 11.0. The number of benzene rings is 2. The minimum atomic E-state index is -0.167. The molecule has 0 saturated carbocycles. The van der Waals surface area contributed by atoms with Crippen LogP contribution >= 0.6 is 0 Å². The fraction of sp³-hybridized carbons (Fsp3) is 0.391. The van der Waals surface area contributed by atoms with Crippen molar-refractivity contribution in [3.05, 3.63) is 48.2 Å². The van der Waals surface area contributed by atoms with E-state index >= 15 is 0 Å². The Morgan fingerprint density at radius 1 is 1.17 bits per heavy atom. The smallest absolute Gasteiger partial charge is 0.255 e. The fourth-order valence-electron chi connectivity index (χ4n) is 3.12. The number of rotatable bonds is 9. The highest BCUT2D eigenvalue weighted by molar-refractivity contribution is 6.01. The molecule has 3 rings (SSSR count). The van der Waals surface area contributed by atoms with Gasteiger partial charge in [0.15, 0.2) is 0 Å². The summed E-state index contributed by atoms with van der Waals surface area (Å²) in [7, 11) is 5.57. The molecule has 0 saturated heterocycles. The summed E-state index contributed by atoms with van der Waals surface area (Å²) in [6.07, 6.45) is 1.81. The van der Waals surface area contributed by atoms with Gasteiger partial charge in [0.1, 0.15) is 17.2 Å². The topological polar surface area (TPSA) is 68.6 Å². The molecule has 0 unspecified atom stereocenters. The Morgan fingerprint density at radius 3 is 2.50 bits per heavy atom. The SMILES string of the molecule is COc1ccc(Oc2cc3cnn(CC(C)C)c3cc2C(=O)NCCN(C)C)cc1. The molecule has 0 aliphatic heterocycles.